The monoisotopic (exact) mass is 375 g/mol. The molecule has 0 radical (unpaired) electrons. The van der Waals surface area contributed by atoms with Gasteiger partial charge in [-0.3, -0.25) is 4.79 Å². The molecular formula is C18H22ClN5O2. The molecule has 0 saturated carbocycles. The predicted molar refractivity (Wildman–Crippen MR) is 102 cm³/mol. The average Bonchev–Trinajstić information content (AvgIpc) is 3.20. The van der Waals surface area contributed by atoms with Crippen molar-refractivity contribution in [1.29, 1.82) is 0 Å². The zero-order valence-electron chi connectivity index (χ0n) is 14.7. The first-order valence-corrected chi connectivity index (χ1v) is 8.98. The summed E-state index contributed by atoms with van der Waals surface area (Å²) in [6, 6.07) is 6.94. The number of nitrogens with one attached hydrogen (secondary N) is 2. The Labute approximate surface area is 157 Å². The summed E-state index contributed by atoms with van der Waals surface area (Å²) in [5.41, 5.74) is 1.49. The molecule has 1 fully saturated rings. The molecule has 2 heterocycles. The maximum Gasteiger partial charge on any atom is 0.255 e. The highest BCUT2D eigenvalue weighted by Crippen LogP contribution is 2.22. The third-order valence-corrected chi connectivity index (χ3v) is 4.47. The van der Waals surface area contributed by atoms with Crippen molar-refractivity contribution in [2.75, 3.05) is 43.5 Å². The molecular weight excluding hydrogens is 354 g/mol. The van der Waals surface area contributed by atoms with Crippen molar-refractivity contribution < 1.29 is 9.53 Å². The van der Waals surface area contributed by atoms with Crippen molar-refractivity contribution in [3.8, 4) is 5.75 Å². The second kappa shape index (κ2) is 8.71. The summed E-state index contributed by atoms with van der Waals surface area (Å²) in [5.74, 6) is 0.955. The number of anilines is 2. The Hall–Kier alpha value is -2.54. The maximum atomic E-state index is 12.3. The SMILES string of the molecule is COc1ccc(Cl)cc1C(=O)NCCNc1cc(N2CCCC2)cnn1. The molecule has 26 heavy (non-hydrogen) atoms. The molecule has 1 saturated heterocycles. The minimum absolute atomic E-state index is 0.233. The van der Waals surface area contributed by atoms with Crippen LogP contribution < -0.4 is 20.3 Å². The van der Waals surface area contributed by atoms with E-state index >= 15 is 0 Å². The first-order valence-electron chi connectivity index (χ1n) is 8.60. The minimum Gasteiger partial charge on any atom is -0.496 e. The summed E-state index contributed by atoms with van der Waals surface area (Å²) < 4.78 is 5.20. The van der Waals surface area contributed by atoms with E-state index in [-0.39, 0.29) is 5.91 Å². The fourth-order valence-corrected chi connectivity index (χ4v) is 3.08. The van der Waals surface area contributed by atoms with Crippen molar-refractivity contribution in [2.45, 2.75) is 12.8 Å². The standard InChI is InChI=1S/C18H22ClN5O2/c1-26-16-5-4-13(19)10-15(16)18(25)21-7-6-20-17-11-14(12-22-23-17)24-8-2-3-9-24/h4-5,10-12H,2-3,6-9H2,1H3,(H,20,23)(H,21,25). The van der Waals surface area contributed by atoms with Crippen molar-refractivity contribution in [3.63, 3.8) is 0 Å². The van der Waals surface area contributed by atoms with E-state index < -0.39 is 0 Å². The number of aromatic nitrogens is 2. The highest BCUT2D eigenvalue weighted by Gasteiger charge is 2.14. The number of ether oxygens (including phenoxy) is 1. The van der Waals surface area contributed by atoms with Crippen LogP contribution in [0.25, 0.3) is 0 Å². The Kier molecular flexibility index (Phi) is 6.12. The van der Waals surface area contributed by atoms with Crippen LogP contribution in [0, 0.1) is 0 Å². The average molecular weight is 376 g/mol. The fourth-order valence-electron chi connectivity index (χ4n) is 2.91. The molecule has 1 aliphatic rings. The van der Waals surface area contributed by atoms with E-state index in [0.29, 0.717) is 35.2 Å². The largest absolute Gasteiger partial charge is 0.496 e. The van der Waals surface area contributed by atoms with E-state index in [1.165, 1.54) is 20.0 Å². The molecule has 1 amide bonds. The maximum absolute atomic E-state index is 12.3. The Morgan fingerprint density at radius 1 is 1.27 bits per heavy atom. The van der Waals surface area contributed by atoms with Gasteiger partial charge in [-0.25, -0.2) is 0 Å². The van der Waals surface area contributed by atoms with Crippen LogP contribution in [0.1, 0.15) is 23.2 Å². The number of rotatable bonds is 7. The molecule has 1 aromatic heterocycles. The summed E-state index contributed by atoms with van der Waals surface area (Å²) in [4.78, 5) is 14.6. The van der Waals surface area contributed by atoms with Crippen LogP contribution in [-0.4, -0.2) is 49.4 Å². The normalized spacial score (nSPS) is 13.5. The minimum atomic E-state index is -0.233. The van der Waals surface area contributed by atoms with Crippen molar-refractivity contribution in [1.82, 2.24) is 15.5 Å². The molecule has 7 nitrogen and oxygen atoms in total. The molecule has 1 aliphatic heterocycles. The van der Waals surface area contributed by atoms with E-state index in [0.717, 1.165) is 18.8 Å². The highest BCUT2D eigenvalue weighted by atomic mass is 35.5. The van der Waals surface area contributed by atoms with E-state index in [1.807, 2.05) is 6.07 Å². The lowest BCUT2D eigenvalue weighted by molar-refractivity contribution is 0.0952. The van der Waals surface area contributed by atoms with Gasteiger partial charge in [-0.15, -0.1) is 5.10 Å². The lowest BCUT2D eigenvalue weighted by Gasteiger charge is -2.17. The number of amides is 1. The van der Waals surface area contributed by atoms with Crippen molar-refractivity contribution in [2.24, 2.45) is 0 Å². The van der Waals surface area contributed by atoms with Crippen LogP contribution >= 0.6 is 11.6 Å². The molecule has 3 rings (SSSR count). The second-order valence-corrected chi connectivity index (χ2v) is 6.46. The number of halogens is 1. The lowest BCUT2D eigenvalue weighted by Crippen LogP contribution is -2.29. The number of hydrogen-bond acceptors (Lipinski definition) is 6. The lowest BCUT2D eigenvalue weighted by atomic mass is 10.2. The Bertz CT molecular complexity index is 765. The second-order valence-electron chi connectivity index (χ2n) is 6.02. The molecule has 0 aliphatic carbocycles. The molecule has 8 heteroatoms. The number of methoxy groups -OCH3 is 1. The van der Waals surface area contributed by atoms with Crippen LogP contribution in [0.5, 0.6) is 5.75 Å². The highest BCUT2D eigenvalue weighted by molar-refractivity contribution is 6.31. The topological polar surface area (TPSA) is 79.4 Å². The van der Waals surface area contributed by atoms with Crippen LogP contribution in [0.15, 0.2) is 30.5 Å². The quantitative estimate of drug-likeness (QED) is 0.724. The Morgan fingerprint density at radius 2 is 2.08 bits per heavy atom. The number of benzene rings is 1. The summed E-state index contributed by atoms with van der Waals surface area (Å²) in [7, 11) is 1.52. The Morgan fingerprint density at radius 3 is 2.85 bits per heavy atom. The number of hydrogen-bond donors (Lipinski definition) is 2. The van der Waals surface area contributed by atoms with Gasteiger partial charge >= 0.3 is 0 Å². The Balaban J connectivity index is 1.50. The zero-order valence-corrected chi connectivity index (χ0v) is 15.4. The molecule has 2 N–H and O–H groups in total. The van der Waals surface area contributed by atoms with Crippen LogP contribution in [-0.2, 0) is 0 Å². The van der Waals surface area contributed by atoms with Gasteiger partial charge in [0.05, 0.1) is 24.6 Å². The number of carbonyl (C=O) groups is 1. The van der Waals surface area contributed by atoms with Crippen LogP contribution in [0.3, 0.4) is 0 Å². The molecule has 1 aromatic carbocycles. The summed E-state index contributed by atoms with van der Waals surface area (Å²) >= 11 is 5.96. The third-order valence-electron chi connectivity index (χ3n) is 4.23. The molecule has 0 spiro atoms. The van der Waals surface area contributed by atoms with Gasteiger partial charge in [0.1, 0.15) is 5.75 Å². The molecule has 138 valence electrons. The van der Waals surface area contributed by atoms with Gasteiger partial charge in [0, 0.05) is 37.3 Å². The van der Waals surface area contributed by atoms with Gasteiger partial charge in [0.25, 0.3) is 5.91 Å². The smallest absolute Gasteiger partial charge is 0.255 e. The summed E-state index contributed by atoms with van der Waals surface area (Å²) in [6.07, 6.45) is 4.21. The summed E-state index contributed by atoms with van der Waals surface area (Å²) in [5, 5.41) is 14.7. The fraction of sp³-hybridized carbons (Fsp3) is 0.389. The molecule has 0 bridgehead atoms. The van der Waals surface area contributed by atoms with E-state index in [1.54, 1.807) is 24.4 Å². The van der Waals surface area contributed by atoms with Crippen molar-refractivity contribution >= 4 is 29.0 Å². The van der Waals surface area contributed by atoms with Crippen LogP contribution in [0.2, 0.25) is 5.02 Å². The van der Waals surface area contributed by atoms with E-state index in [2.05, 4.69) is 25.7 Å². The molecule has 0 unspecified atom stereocenters. The molecule has 0 atom stereocenters. The van der Waals surface area contributed by atoms with E-state index in [9.17, 15) is 4.79 Å². The first kappa shape index (κ1) is 18.3. The first-order chi connectivity index (χ1) is 12.7. The van der Waals surface area contributed by atoms with Gasteiger partial charge < -0.3 is 20.3 Å². The van der Waals surface area contributed by atoms with Gasteiger partial charge in [-0.2, -0.15) is 5.10 Å². The number of nitrogens with zero attached hydrogens (tertiary/aromatic N) is 3. The van der Waals surface area contributed by atoms with Gasteiger partial charge in [0.2, 0.25) is 0 Å². The van der Waals surface area contributed by atoms with E-state index in [4.69, 9.17) is 16.3 Å². The van der Waals surface area contributed by atoms with Gasteiger partial charge in [-0.05, 0) is 31.0 Å². The van der Waals surface area contributed by atoms with Crippen molar-refractivity contribution in [3.05, 3.63) is 41.0 Å². The zero-order chi connectivity index (χ0) is 18.4. The van der Waals surface area contributed by atoms with Crippen LogP contribution in [0.4, 0.5) is 11.5 Å². The predicted octanol–water partition coefficient (Wildman–Crippen LogP) is 2.58. The number of carbonyl (C=O) groups excluding carboxylic acids is 1. The third kappa shape index (κ3) is 4.54. The van der Waals surface area contributed by atoms with Gasteiger partial charge in [-0.1, -0.05) is 11.6 Å². The summed E-state index contributed by atoms with van der Waals surface area (Å²) in [6.45, 7) is 3.09. The van der Waals surface area contributed by atoms with Gasteiger partial charge in [0.15, 0.2) is 5.82 Å². The molecule has 2 aromatic rings.